The van der Waals surface area contributed by atoms with Gasteiger partial charge in [-0.05, 0) is 19.4 Å². The lowest BCUT2D eigenvalue weighted by Gasteiger charge is -2.22. The number of rotatable bonds is 6. The standard InChI is InChI=1S/C14H23N3O2/c1-3-11(2)17-6-4-12(16-17)8-13(18)9-14-10-15-5-7-19-14/h4,6,11,14-15H,3,5,7-10H2,1-2H3. The molecular formula is C14H23N3O2. The molecule has 1 aliphatic rings. The molecule has 2 heterocycles. The summed E-state index contributed by atoms with van der Waals surface area (Å²) in [5.41, 5.74) is 0.856. The number of nitrogens with zero attached hydrogens (tertiary/aromatic N) is 2. The zero-order chi connectivity index (χ0) is 13.7. The second-order valence-electron chi connectivity index (χ2n) is 5.16. The van der Waals surface area contributed by atoms with E-state index in [2.05, 4.69) is 24.3 Å². The number of ether oxygens (including phenoxy) is 1. The lowest BCUT2D eigenvalue weighted by atomic mass is 10.1. The highest BCUT2D eigenvalue weighted by atomic mass is 16.5. The van der Waals surface area contributed by atoms with Gasteiger partial charge >= 0.3 is 0 Å². The zero-order valence-corrected chi connectivity index (χ0v) is 11.8. The molecule has 5 heteroatoms. The van der Waals surface area contributed by atoms with Gasteiger partial charge < -0.3 is 10.1 Å². The van der Waals surface area contributed by atoms with E-state index in [1.165, 1.54) is 0 Å². The highest BCUT2D eigenvalue weighted by molar-refractivity contribution is 5.80. The Bertz CT molecular complexity index is 411. The molecule has 1 N–H and O–H groups in total. The summed E-state index contributed by atoms with van der Waals surface area (Å²) < 4.78 is 7.47. The molecule has 19 heavy (non-hydrogen) atoms. The number of hydrogen-bond acceptors (Lipinski definition) is 4. The Balaban J connectivity index is 1.82. The Kier molecular flexibility index (Phi) is 5.10. The molecule has 2 atom stereocenters. The Morgan fingerprint density at radius 1 is 1.68 bits per heavy atom. The van der Waals surface area contributed by atoms with Crippen molar-refractivity contribution in [3.8, 4) is 0 Å². The third-order valence-electron chi connectivity index (χ3n) is 3.54. The number of morpholine rings is 1. The summed E-state index contributed by atoms with van der Waals surface area (Å²) in [6.07, 6.45) is 3.90. The van der Waals surface area contributed by atoms with Crippen LogP contribution >= 0.6 is 0 Å². The fourth-order valence-corrected chi connectivity index (χ4v) is 2.18. The van der Waals surface area contributed by atoms with Crippen molar-refractivity contribution in [2.24, 2.45) is 0 Å². The summed E-state index contributed by atoms with van der Waals surface area (Å²) in [5.74, 6) is 0.197. The van der Waals surface area contributed by atoms with E-state index in [1.54, 1.807) is 0 Å². The monoisotopic (exact) mass is 265 g/mol. The molecule has 2 unspecified atom stereocenters. The molecule has 0 amide bonds. The van der Waals surface area contributed by atoms with Gasteiger partial charge in [0.25, 0.3) is 0 Å². The summed E-state index contributed by atoms with van der Waals surface area (Å²) in [6.45, 7) is 6.60. The molecule has 0 aliphatic carbocycles. The van der Waals surface area contributed by atoms with Gasteiger partial charge in [0.2, 0.25) is 0 Å². The van der Waals surface area contributed by atoms with Gasteiger partial charge in [-0.15, -0.1) is 0 Å². The summed E-state index contributed by atoms with van der Waals surface area (Å²) in [4.78, 5) is 12.0. The van der Waals surface area contributed by atoms with Crippen LogP contribution in [0.4, 0.5) is 0 Å². The van der Waals surface area contributed by atoms with E-state index in [0.29, 0.717) is 25.5 Å². The highest BCUT2D eigenvalue weighted by Gasteiger charge is 2.18. The van der Waals surface area contributed by atoms with Crippen molar-refractivity contribution in [3.63, 3.8) is 0 Å². The van der Waals surface area contributed by atoms with Crippen LogP contribution in [0, 0.1) is 0 Å². The van der Waals surface area contributed by atoms with Crippen LogP contribution in [0.15, 0.2) is 12.3 Å². The number of Topliss-reactive ketones (excluding diaryl/α,β-unsaturated/α-hetero) is 1. The van der Waals surface area contributed by atoms with Crippen LogP contribution in [0.25, 0.3) is 0 Å². The fourth-order valence-electron chi connectivity index (χ4n) is 2.18. The molecule has 5 nitrogen and oxygen atoms in total. The first-order chi connectivity index (χ1) is 9.19. The first kappa shape index (κ1) is 14.2. The molecule has 1 aromatic rings. The smallest absolute Gasteiger partial charge is 0.141 e. The first-order valence-corrected chi connectivity index (χ1v) is 7.07. The van der Waals surface area contributed by atoms with Gasteiger partial charge in [-0.1, -0.05) is 6.92 Å². The molecule has 1 aromatic heterocycles. The number of nitrogens with one attached hydrogen (secondary N) is 1. The van der Waals surface area contributed by atoms with E-state index in [4.69, 9.17) is 4.74 Å². The van der Waals surface area contributed by atoms with E-state index < -0.39 is 0 Å². The summed E-state index contributed by atoms with van der Waals surface area (Å²) >= 11 is 0. The van der Waals surface area contributed by atoms with Crippen molar-refractivity contribution in [2.45, 2.75) is 45.3 Å². The minimum Gasteiger partial charge on any atom is -0.375 e. The number of ketones is 1. The second-order valence-corrected chi connectivity index (χ2v) is 5.16. The Morgan fingerprint density at radius 3 is 3.21 bits per heavy atom. The van der Waals surface area contributed by atoms with Crippen LogP contribution in [0.1, 0.15) is 38.4 Å². The SMILES string of the molecule is CCC(C)n1ccc(CC(=O)CC2CNCCO2)n1. The third kappa shape index (κ3) is 4.14. The Labute approximate surface area is 114 Å². The zero-order valence-electron chi connectivity index (χ0n) is 11.8. The molecular weight excluding hydrogens is 242 g/mol. The van der Waals surface area contributed by atoms with Gasteiger partial charge in [0, 0.05) is 31.7 Å². The molecule has 0 aromatic carbocycles. The number of aromatic nitrogens is 2. The van der Waals surface area contributed by atoms with E-state index in [9.17, 15) is 4.79 Å². The van der Waals surface area contributed by atoms with Gasteiger partial charge in [-0.2, -0.15) is 5.10 Å². The lowest BCUT2D eigenvalue weighted by molar-refractivity contribution is -0.121. The van der Waals surface area contributed by atoms with Crippen molar-refractivity contribution < 1.29 is 9.53 Å². The van der Waals surface area contributed by atoms with Crippen LogP contribution in [0.2, 0.25) is 0 Å². The average molecular weight is 265 g/mol. The molecule has 0 spiro atoms. The Hall–Kier alpha value is -1.20. The predicted molar refractivity (Wildman–Crippen MR) is 73.2 cm³/mol. The van der Waals surface area contributed by atoms with Crippen molar-refractivity contribution in [2.75, 3.05) is 19.7 Å². The van der Waals surface area contributed by atoms with Gasteiger partial charge in [-0.3, -0.25) is 9.48 Å². The summed E-state index contributed by atoms with van der Waals surface area (Å²) in [6, 6.07) is 2.32. The van der Waals surface area contributed by atoms with E-state index in [-0.39, 0.29) is 11.9 Å². The predicted octanol–water partition coefficient (Wildman–Crippen LogP) is 1.34. The van der Waals surface area contributed by atoms with E-state index >= 15 is 0 Å². The van der Waals surface area contributed by atoms with Gasteiger partial charge in [-0.25, -0.2) is 0 Å². The lowest BCUT2D eigenvalue weighted by Crippen LogP contribution is -2.39. The van der Waals surface area contributed by atoms with Crippen LogP contribution in [-0.4, -0.2) is 41.4 Å². The normalized spacial score (nSPS) is 21.3. The van der Waals surface area contributed by atoms with Gasteiger partial charge in [0.1, 0.15) is 5.78 Å². The maximum Gasteiger partial charge on any atom is 0.141 e. The number of carbonyl (C=O) groups is 1. The molecule has 2 rings (SSSR count). The van der Waals surface area contributed by atoms with Crippen LogP contribution in [0.5, 0.6) is 0 Å². The van der Waals surface area contributed by atoms with Gasteiger partial charge in [0.05, 0.1) is 24.8 Å². The van der Waals surface area contributed by atoms with Crippen molar-refractivity contribution in [3.05, 3.63) is 18.0 Å². The third-order valence-corrected chi connectivity index (χ3v) is 3.54. The summed E-state index contributed by atoms with van der Waals surface area (Å²) in [7, 11) is 0. The molecule has 106 valence electrons. The maximum atomic E-state index is 12.0. The Morgan fingerprint density at radius 2 is 2.53 bits per heavy atom. The minimum atomic E-state index is 0.0258. The molecule has 1 aliphatic heterocycles. The van der Waals surface area contributed by atoms with Gasteiger partial charge in [0.15, 0.2) is 0 Å². The fraction of sp³-hybridized carbons (Fsp3) is 0.714. The molecule has 0 saturated carbocycles. The van der Waals surface area contributed by atoms with Crippen molar-refractivity contribution >= 4 is 5.78 Å². The molecule has 1 fully saturated rings. The largest absolute Gasteiger partial charge is 0.375 e. The van der Waals surface area contributed by atoms with Crippen LogP contribution in [-0.2, 0) is 16.0 Å². The second kappa shape index (κ2) is 6.82. The summed E-state index contributed by atoms with van der Waals surface area (Å²) in [5, 5.41) is 7.69. The van der Waals surface area contributed by atoms with E-state index in [0.717, 1.165) is 25.2 Å². The van der Waals surface area contributed by atoms with Crippen LogP contribution in [0.3, 0.4) is 0 Å². The minimum absolute atomic E-state index is 0.0258. The van der Waals surface area contributed by atoms with Crippen molar-refractivity contribution in [1.82, 2.24) is 15.1 Å². The average Bonchev–Trinajstić information content (AvgIpc) is 2.87. The number of carbonyl (C=O) groups excluding carboxylic acids is 1. The van der Waals surface area contributed by atoms with Crippen LogP contribution < -0.4 is 5.32 Å². The maximum absolute atomic E-state index is 12.0. The highest BCUT2D eigenvalue weighted by Crippen LogP contribution is 2.11. The molecule has 0 bridgehead atoms. The quantitative estimate of drug-likeness (QED) is 0.843. The molecule has 0 radical (unpaired) electrons. The topological polar surface area (TPSA) is 56.2 Å². The van der Waals surface area contributed by atoms with E-state index in [1.807, 2.05) is 16.9 Å². The molecule has 1 saturated heterocycles. The van der Waals surface area contributed by atoms with Crippen molar-refractivity contribution in [1.29, 1.82) is 0 Å². The number of hydrogen-bond donors (Lipinski definition) is 1. The first-order valence-electron chi connectivity index (χ1n) is 7.07.